The molecule has 1 heterocycles. The molecular formula is C27H36N4O2. The number of hydrogen-bond donors (Lipinski definition) is 0. The Bertz CT molecular complexity index is 1010. The van der Waals surface area contributed by atoms with Gasteiger partial charge in [-0.1, -0.05) is 58.8 Å². The van der Waals surface area contributed by atoms with E-state index in [9.17, 15) is 0 Å². The molecule has 0 atom stereocenters. The molecule has 3 rings (SSSR count). The molecule has 1 aliphatic rings. The molecule has 176 valence electrons. The SMILES string of the molecule is C/C(=N\OCc1c(C(C)C)cc(C(C)C)cc1C(C)C)c1ccc(OCC2=NN=NC2)cc1. The van der Waals surface area contributed by atoms with E-state index in [0.29, 0.717) is 37.5 Å². The van der Waals surface area contributed by atoms with Gasteiger partial charge >= 0.3 is 0 Å². The van der Waals surface area contributed by atoms with Gasteiger partial charge < -0.3 is 9.57 Å². The minimum Gasteiger partial charge on any atom is -0.488 e. The van der Waals surface area contributed by atoms with Crippen molar-refractivity contribution in [1.82, 2.24) is 0 Å². The fraction of sp³-hybridized carbons (Fsp3) is 0.481. The fourth-order valence-corrected chi connectivity index (χ4v) is 3.79. The van der Waals surface area contributed by atoms with Crippen molar-refractivity contribution in [3.05, 3.63) is 64.2 Å². The Balaban J connectivity index is 1.69. The molecule has 0 N–H and O–H groups in total. The third kappa shape index (κ3) is 6.50. The molecule has 0 unspecified atom stereocenters. The van der Waals surface area contributed by atoms with Gasteiger partial charge in [0.25, 0.3) is 0 Å². The largest absolute Gasteiger partial charge is 0.488 e. The fourth-order valence-electron chi connectivity index (χ4n) is 3.79. The van der Waals surface area contributed by atoms with Crippen LogP contribution in [-0.4, -0.2) is 24.6 Å². The summed E-state index contributed by atoms with van der Waals surface area (Å²) in [5.74, 6) is 2.12. The molecule has 2 aromatic rings. The van der Waals surface area contributed by atoms with Crippen molar-refractivity contribution in [1.29, 1.82) is 0 Å². The van der Waals surface area contributed by atoms with Crippen LogP contribution in [0.5, 0.6) is 5.75 Å². The lowest BCUT2D eigenvalue weighted by Gasteiger charge is -2.22. The summed E-state index contributed by atoms with van der Waals surface area (Å²) in [5.41, 5.74) is 8.01. The molecule has 33 heavy (non-hydrogen) atoms. The first-order valence-corrected chi connectivity index (χ1v) is 11.7. The average molecular weight is 449 g/mol. The number of hydrogen-bond acceptors (Lipinski definition) is 6. The van der Waals surface area contributed by atoms with Crippen molar-refractivity contribution in [3.8, 4) is 5.75 Å². The average Bonchev–Trinajstić information content (AvgIpc) is 3.31. The number of rotatable bonds is 10. The number of ether oxygens (including phenoxy) is 1. The lowest BCUT2D eigenvalue weighted by Crippen LogP contribution is -2.12. The van der Waals surface area contributed by atoms with Crippen LogP contribution in [0.25, 0.3) is 0 Å². The molecule has 1 aliphatic heterocycles. The minimum atomic E-state index is 0.397. The van der Waals surface area contributed by atoms with Crippen LogP contribution >= 0.6 is 0 Å². The summed E-state index contributed by atoms with van der Waals surface area (Å²) >= 11 is 0. The van der Waals surface area contributed by atoms with Crippen molar-refractivity contribution >= 4 is 11.4 Å². The molecule has 0 aromatic heterocycles. The lowest BCUT2D eigenvalue weighted by atomic mass is 9.85. The normalized spacial score (nSPS) is 13.9. The van der Waals surface area contributed by atoms with Gasteiger partial charge in [0.1, 0.15) is 31.2 Å². The highest BCUT2D eigenvalue weighted by molar-refractivity contribution is 5.98. The first kappa shape index (κ1) is 24.6. The van der Waals surface area contributed by atoms with E-state index in [4.69, 9.17) is 9.57 Å². The standard InChI is InChI=1S/C27H36N4O2/c1-17(2)22-12-25(18(3)4)27(26(13-22)19(5)6)16-33-30-20(7)21-8-10-24(11-9-21)32-15-23-14-28-31-29-23/h8-13,17-19H,14-16H2,1-7H3/b30-20+. The predicted molar refractivity (Wildman–Crippen MR) is 135 cm³/mol. The van der Waals surface area contributed by atoms with Gasteiger partial charge in [0, 0.05) is 0 Å². The maximum atomic E-state index is 5.88. The second-order valence-electron chi connectivity index (χ2n) is 9.46. The summed E-state index contributed by atoms with van der Waals surface area (Å²) in [5, 5.41) is 15.8. The van der Waals surface area contributed by atoms with Crippen LogP contribution < -0.4 is 4.74 Å². The monoisotopic (exact) mass is 448 g/mol. The molecule has 6 heteroatoms. The second kappa shape index (κ2) is 11.2. The van der Waals surface area contributed by atoms with Gasteiger partial charge in [-0.05, 0) is 82.0 Å². The molecule has 0 saturated carbocycles. The van der Waals surface area contributed by atoms with Crippen molar-refractivity contribution < 1.29 is 9.57 Å². The summed E-state index contributed by atoms with van der Waals surface area (Å²) in [6.45, 7) is 16.8. The Morgan fingerprint density at radius 3 is 2.06 bits per heavy atom. The first-order chi connectivity index (χ1) is 15.8. The molecule has 0 saturated heterocycles. The van der Waals surface area contributed by atoms with Crippen LogP contribution in [-0.2, 0) is 11.4 Å². The van der Waals surface area contributed by atoms with E-state index in [-0.39, 0.29) is 0 Å². The number of benzene rings is 2. The summed E-state index contributed by atoms with van der Waals surface area (Å²) in [6.07, 6.45) is 0. The van der Waals surface area contributed by atoms with Gasteiger partial charge in [-0.15, -0.1) is 5.10 Å². The molecule has 0 spiro atoms. The van der Waals surface area contributed by atoms with Crippen LogP contribution in [0.2, 0.25) is 0 Å². The van der Waals surface area contributed by atoms with Crippen LogP contribution in [0.3, 0.4) is 0 Å². The zero-order valence-corrected chi connectivity index (χ0v) is 20.9. The van der Waals surface area contributed by atoms with Crippen molar-refractivity contribution in [2.45, 2.75) is 72.8 Å². The van der Waals surface area contributed by atoms with Gasteiger partial charge in [0.2, 0.25) is 0 Å². The van der Waals surface area contributed by atoms with Crippen LogP contribution in [0, 0.1) is 0 Å². The Labute approximate surface area is 197 Å². The lowest BCUT2D eigenvalue weighted by molar-refractivity contribution is 0.129. The molecule has 6 nitrogen and oxygen atoms in total. The Hall–Kier alpha value is -3.02. The first-order valence-electron chi connectivity index (χ1n) is 11.7. The van der Waals surface area contributed by atoms with E-state index in [1.54, 1.807) is 0 Å². The zero-order chi connectivity index (χ0) is 24.0. The molecule has 0 fully saturated rings. The van der Waals surface area contributed by atoms with E-state index >= 15 is 0 Å². The van der Waals surface area contributed by atoms with Gasteiger partial charge in [0.15, 0.2) is 0 Å². The highest BCUT2D eigenvalue weighted by Gasteiger charge is 2.17. The quantitative estimate of drug-likeness (QED) is 0.285. The van der Waals surface area contributed by atoms with Gasteiger partial charge in [-0.2, -0.15) is 5.11 Å². The summed E-state index contributed by atoms with van der Waals surface area (Å²) in [7, 11) is 0. The van der Waals surface area contributed by atoms with Crippen molar-refractivity contribution in [2.24, 2.45) is 20.6 Å². The van der Waals surface area contributed by atoms with E-state index in [1.807, 2.05) is 31.2 Å². The smallest absolute Gasteiger partial charge is 0.142 e. The summed E-state index contributed by atoms with van der Waals surface area (Å²) < 4.78 is 5.74. The maximum absolute atomic E-state index is 5.88. The molecule has 0 amide bonds. The molecule has 2 aromatic carbocycles. The molecule has 0 aliphatic carbocycles. The third-order valence-corrected chi connectivity index (χ3v) is 5.84. The van der Waals surface area contributed by atoms with E-state index in [2.05, 4.69) is 74.3 Å². The van der Waals surface area contributed by atoms with Crippen molar-refractivity contribution in [3.63, 3.8) is 0 Å². The highest BCUT2D eigenvalue weighted by atomic mass is 16.6. The summed E-state index contributed by atoms with van der Waals surface area (Å²) in [6, 6.07) is 12.5. The third-order valence-electron chi connectivity index (χ3n) is 5.84. The Morgan fingerprint density at radius 1 is 0.909 bits per heavy atom. The van der Waals surface area contributed by atoms with Gasteiger partial charge in [-0.3, -0.25) is 0 Å². The minimum absolute atomic E-state index is 0.397. The molecule has 0 radical (unpaired) electrons. The van der Waals surface area contributed by atoms with Crippen molar-refractivity contribution in [2.75, 3.05) is 13.2 Å². The molecular weight excluding hydrogens is 412 g/mol. The van der Waals surface area contributed by atoms with E-state index < -0.39 is 0 Å². The highest BCUT2D eigenvalue weighted by Crippen LogP contribution is 2.32. The Kier molecular flexibility index (Phi) is 8.37. The number of oxime groups is 1. The van der Waals surface area contributed by atoms with E-state index in [1.165, 1.54) is 22.3 Å². The Morgan fingerprint density at radius 2 is 1.55 bits per heavy atom. The van der Waals surface area contributed by atoms with Gasteiger partial charge in [0.05, 0.1) is 5.71 Å². The topological polar surface area (TPSA) is 67.9 Å². The van der Waals surface area contributed by atoms with E-state index in [0.717, 1.165) is 22.7 Å². The molecule has 0 bridgehead atoms. The summed E-state index contributed by atoms with van der Waals surface area (Å²) in [4.78, 5) is 5.88. The van der Waals surface area contributed by atoms with Crippen LogP contribution in [0.4, 0.5) is 0 Å². The van der Waals surface area contributed by atoms with Gasteiger partial charge in [-0.25, -0.2) is 0 Å². The second-order valence-corrected chi connectivity index (χ2v) is 9.46. The van der Waals surface area contributed by atoms with Crippen LogP contribution in [0.1, 0.15) is 94.0 Å². The maximum Gasteiger partial charge on any atom is 0.142 e. The van der Waals surface area contributed by atoms with Crippen LogP contribution in [0.15, 0.2) is 57.0 Å². The predicted octanol–water partition coefficient (Wildman–Crippen LogP) is 7.20. The zero-order valence-electron chi connectivity index (χ0n) is 20.9. The number of nitrogens with zero attached hydrogens (tertiary/aromatic N) is 4.